The van der Waals surface area contributed by atoms with Gasteiger partial charge in [-0.3, -0.25) is 52.8 Å². The number of nitrogens with one attached hydrogen (secondary N) is 7. The minimum atomic E-state index is -2.06. The Morgan fingerprint density at radius 2 is 1.60 bits per heavy atom. The monoisotopic (exact) mass is 1120 g/mol. The number of fused-ring (bicyclic) bond motifs is 5. The van der Waals surface area contributed by atoms with Crippen molar-refractivity contribution in [3.63, 3.8) is 0 Å². The number of cyclic esters (lactones) is 1. The van der Waals surface area contributed by atoms with Gasteiger partial charge in [-0.25, -0.2) is 14.2 Å². The maximum absolute atomic E-state index is 15.5. The lowest BCUT2D eigenvalue weighted by Crippen LogP contribution is -2.56. The predicted molar refractivity (Wildman–Crippen MR) is 280 cm³/mol. The van der Waals surface area contributed by atoms with Gasteiger partial charge in [0.1, 0.15) is 31.2 Å². The Morgan fingerprint density at radius 1 is 0.901 bits per heavy atom. The van der Waals surface area contributed by atoms with E-state index in [1.165, 1.54) is 17.6 Å². The number of benzene rings is 2. The Bertz CT molecular complexity index is 3370. The summed E-state index contributed by atoms with van der Waals surface area (Å²) in [6.45, 7) is 1.30. The molecule has 1 saturated heterocycles. The highest BCUT2D eigenvalue weighted by Crippen LogP contribution is 2.49. The highest BCUT2D eigenvalue weighted by Gasteiger charge is 2.52. The number of amides is 8. The lowest BCUT2D eigenvalue weighted by atomic mass is 9.81. The third-order valence-corrected chi connectivity index (χ3v) is 15.6. The Hall–Kier alpha value is -8.49. The molecule has 1 saturated carbocycles. The fourth-order valence-electron chi connectivity index (χ4n) is 10.9. The van der Waals surface area contributed by atoms with E-state index < -0.39 is 132 Å². The van der Waals surface area contributed by atoms with Crippen molar-refractivity contribution in [1.29, 1.82) is 0 Å². The molecule has 2 aromatic heterocycles. The molecule has 0 bridgehead atoms. The lowest BCUT2D eigenvalue weighted by molar-refractivity contribution is -0.172. The van der Waals surface area contributed by atoms with Gasteiger partial charge in [0, 0.05) is 47.9 Å². The number of aryl methyl sites for hydroxylation is 1. The number of hydrogen-bond acceptors (Lipinski definition) is 16. The van der Waals surface area contributed by atoms with Crippen LogP contribution in [0.25, 0.3) is 22.3 Å². The summed E-state index contributed by atoms with van der Waals surface area (Å²) >= 11 is 0. The number of esters is 1. The number of aliphatic carboxylic acids is 1. The molecule has 2 aromatic carbocycles. The molecule has 1 unspecified atom stereocenters. The second-order valence-electron chi connectivity index (χ2n) is 21.0. The van der Waals surface area contributed by atoms with Gasteiger partial charge in [0.2, 0.25) is 47.3 Å². The van der Waals surface area contributed by atoms with Gasteiger partial charge >= 0.3 is 11.9 Å². The minimum absolute atomic E-state index is 0.0140. The van der Waals surface area contributed by atoms with Crippen LogP contribution in [0.4, 0.5) is 4.39 Å². The number of pyridine rings is 2. The molecule has 8 amide bonds. The third kappa shape index (κ3) is 11.6. The Morgan fingerprint density at radius 3 is 2.28 bits per heavy atom. The number of rotatable bonds is 23. The molecule has 0 radical (unpaired) electrons. The molecule has 3 aliphatic heterocycles. The van der Waals surface area contributed by atoms with Crippen LogP contribution in [-0.2, 0) is 89.0 Å². The van der Waals surface area contributed by atoms with Crippen LogP contribution in [0.3, 0.4) is 0 Å². The Kier molecular flexibility index (Phi) is 16.5. The van der Waals surface area contributed by atoms with E-state index in [9.17, 15) is 57.8 Å². The molecule has 5 atom stereocenters. The Balaban J connectivity index is 0.775. The van der Waals surface area contributed by atoms with E-state index in [0.29, 0.717) is 70.2 Å². The van der Waals surface area contributed by atoms with E-state index in [4.69, 9.17) is 19.6 Å². The van der Waals surface area contributed by atoms with Crippen molar-refractivity contribution < 1.29 is 72.0 Å². The molecule has 25 nitrogen and oxygen atoms in total. The fraction of sp³-hybridized carbons (Fsp3) is 0.455. The highest BCUT2D eigenvalue weighted by molar-refractivity contribution is 6.07. The van der Waals surface area contributed by atoms with Crippen LogP contribution >= 0.6 is 0 Å². The average Bonchev–Trinajstić information content (AvgIpc) is 4.17. The van der Waals surface area contributed by atoms with Gasteiger partial charge in [-0.15, -0.1) is 0 Å². The molecule has 2 aliphatic carbocycles. The molecule has 428 valence electrons. The number of hydrogen-bond donors (Lipinski definition) is 9. The number of likely N-dealkylation sites (tertiary alicyclic amines) is 1. The van der Waals surface area contributed by atoms with Gasteiger partial charge < -0.3 is 61.5 Å². The minimum Gasteiger partial charge on any atom is -0.480 e. The van der Waals surface area contributed by atoms with Crippen molar-refractivity contribution in [3.05, 3.63) is 97.6 Å². The first-order chi connectivity index (χ1) is 38.6. The molecule has 81 heavy (non-hydrogen) atoms. The number of carbonyl (C=O) groups is 10. The van der Waals surface area contributed by atoms with Crippen molar-refractivity contribution in [2.75, 3.05) is 46.1 Å². The van der Waals surface area contributed by atoms with Crippen molar-refractivity contribution >= 4 is 70.1 Å². The molecule has 5 aliphatic rings. The van der Waals surface area contributed by atoms with Crippen LogP contribution in [-0.4, -0.2) is 142 Å². The molecular formula is C55H61FN10O15. The summed E-state index contributed by atoms with van der Waals surface area (Å²) in [4.78, 5) is 148. The van der Waals surface area contributed by atoms with Gasteiger partial charge in [-0.05, 0) is 67.3 Å². The van der Waals surface area contributed by atoms with E-state index in [-0.39, 0.29) is 62.8 Å². The van der Waals surface area contributed by atoms with Crippen LogP contribution in [0.15, 0.2) is 47.3 Å². The van der Waals surface area contributed by atoms with Crippen molar-refractivity contribution in [2.45, 2.75) is 103 Å². The smallest absolute Gasteiger partial charge is 0.343 e. The predicted octanol–water partition coefficient (Wildman–Crippen LogP) is -0.985. The standard InChI is InChI=1S/C55H61FN10O15/c1-4-55(79)33-16-38-47-31(23-65(38)51(76)32(33)24-81-53(55)78)46-35(11-10-30-28(3)34(56)17-36(63-47)45(30)46)64-52(77)54(12-13-54)25-80-26-61-41(68)20-59-48(73)37(15-29-8-6-5-7-9-29)62-42(69)21-58-40(67)19-60-49(74)39(18-57-22-44(71)72)66-43(70)14-27(2)50(66)75/h5-9,16-17,27,35,37,39,57,79H,4,10-15,18-26H2,1-3H3,(H,58,67)(H,59,73)(H,60,74)(H,61,68)(H,62,69)(H,64,77)(H,71,72)/t27?,35-,37-,39+,55-/m0/s1. The second-order valence-corrected chi connectivity index (χ2v) is 21.0. The van der Waals surface area contributed by atoms with Gasteiger partial charge in [0.15, 0.2) is 5.60 Å². The number of nitrogens with zero attached hydrogens (tertiary/aromatic N) is 3. The molecule has 9 rings (SSSR count). The first-order valence-electron chi connectivity index (χ1n) is 26.6. The van der Waals surface area contributed by atoms with Crippen LogP contribution in [0.1, 0.15) is 90.9 Å². The molecule has 0 spiro atoms. The first-order valence-corrected chi connectivity index (χ1v) is 26.6. The molecule has 9 N–H and O–H groups in total. The van der Waals surface area contributed by atoms with Gasteiger partial charge in [0.05, 0.1) is 73.3 Å². The van der Waals surface area contributed by atoms with Crippen molar-refractivity contribution in [1.82, 2.24) is 51.7 Å². The number of ether oxygens (including phenoxy) is 2. The largest absolute Gasteiger partial charge is 0.480 e. The maximum atomic E-state index is 15.5. The zero-order valence-corrected chi connectivity index (χ0v) is 44.6. The number of aliphatic hydroxyl groups is 1. The van der Waals surface area contributed by atoms with Gasteiger partial charge in [-0.2, -0.15) is 0 Å². The first kappa shape index (κ1) is 57.2. The SMILES string of the molecule is CC[C@@]1(O)C(=O)OCc2c1cc1n(c2=O)Cc2c-1nc1cc(F)c(C)c3c1c2[C@@H](NC(=O)C1(COCNC(=O)CNC(=O)[C@H](Cc2ccccc2)NC(=O)CNC(=O)CNC(=O)[C@@H](CNCC(=O)O)N2C(=O)CC(C)C2=O)CC1)CC3. The number of carboxylic acids is 1. The van der Waals surface area contributed by atoms with Crippen molar-refractivity contribution in [3.8, 4) is 11.4 Å². The number of imide groups is 1. The van der Waals surface area contributed by atoms with Crippen LogP contribution < -0.4 is 42.8 Å². The number of aromatic nitrogens is 2. The molecule has 4 aromatic rings. The van der Waals surface area contributed by atoms with Crippen molar-refractivity contribution in [2.24, 2.45) is 11.3 Å². The summed E-state index contributed by atoms with van der Waals surface area (Å²) < 4.78 is 28.0. The number of carbonyl (C=O) groups excluding carboxylic acids is 9. The summed E-state index contributed by atoms with van der Waals surface area (Å²) in [6.07, 6.45) is 1.56. The van der Waals surface area contributed by atoms with E-state index >= 15 is 4.39 Å². The van der Waals surface area contributed by atoms with E-state index in [1.54, 1.807) is 50.2 Å². The van der Waals surface area contributed by atoms with Crippen LogP contribution in [0, 0.1) is 24.1 Å². The number of carboxylic acid groups (broad SMARTS) is 1. The van der Waals surface area contributed by atoms with E-state index in [0.717, 1.165) is 10.5 Å². The van der Waals surface area contributed by atoms with Crippen LogP contribution in [0.5, 0.6) is 0 Å². The summed E-state index contributed by atoms with van der Waals surface area (Å²) in [5, 5.41) is 39.0. The molecule has 26 heteroatoms. The second kappa shape index (κ2) is 23.3. The highest BCUT2D eigenvalue weighted by atomic mass is 19.1. The number of halogens is 1. The summed E-state index contributed by atoms with van der Waals surface area (Å²) in [5.41, 5.74) is 1.03. The summed E-state index contributed by atoms with van der Waals surface area (Å²) in [7, 11) is 0. The van der Waals surface area contributed by atoms with Gasteiger partial charge in [-0.1, -0.05) is 44.2 Å². The maximum Gasteiger partial charge on any atom is 0.343 e. The summed E-state index contributed by atoms with van der Waals surface area (Å²) in [6, 6.07) is 8.27. The quantitative estimate of drug-likeness (QED) is 0.0164. The van der Waals surface area contributed by atoms with E-state index in [2.05, 4.69) is 37.2 Å². The fourth-order valence-corrected chi connectivity index (χ4v) is 10.9. The topological polar surface area (TPSA) is 352 Å². The van der Waals surface area contributed by atoms with Gasteiger partial charge in [0.25, 0.3) is 5.56 Å². The Labute approximate surface area is 461 Å². The molecule has 2 fully saturated rings. The zero-order chi connectivity index (χ0) is 58.1. The van der Waals surface area contributed by atoms with Crippen LogP contribution in [0.2, 0.25) is 0 Å². The normalized spacial score (nSPS) is 19.8. The third-order valence-electron chi connectivity index (χ3n) is 15.6. The average molecular weight is 1120 g/mol. The molecule has 5 heterocycles. The zero-order valence-electron chi connectivity index (χ0n) is 44.6. The summed E-state index contributed by atoms with van der Waals surface area (Å²) in [5.74, 6) is -8.84. The molecular weight excluding hydrogens is 1060 g/mol. The lowest BCUT2D eigenvalue weighted by Gasteiger charge is -2.31. The van der Waals surface area contributed by atoms with E-state index in [1.807, 2.05) is 0 Å².